The van der Waals surface area contributed by atoms with E-state index in [0.29, 0.717) is 35.8 Å². The van der Waals surface area contributed by atoms with Gasteiger partial charge in [-0.15, -0.1) is 0 Å². The molecule has 0 bridgehead atoms. The summed E-state index contributed by atoms with van der Waals surface area (Å²) in [5.74, 6) is 2.35. The molecule has 8 N–H and O–H groups in total. The van der Waals surface area contributed by atoms with Crippen molar-refractivity contribution in [3.8, 4) is 0 Å². The number of aromatic nitrogens is 3. The molecule has 8 nitrogen and oxygen atoms in total. The molecule has 11 heteroatoms. The maximum Gasteiger partial charge on any atom is 0.300 e. The van der Waals surface area contributed by atoms with E-state index >= 15 is 0 Å². The van der Waals surface area contributed by atoms with E-state index in [0.717, 1.165) is 17.5 Å². The summed E-state index contributed by atoms with van der Waals surface area (Å²) in [4.78, 5) is 4.10. The summed E-state index contributed by atoms with van der Waals surface area (Å²) in [6.07, 6.45) is 7.36. The van der Waals surface area contributed by atoms with E-state index < -0.39 is 18.1 Å². The van der Waals surface area contributed by atoms with Gasteiger partial charge in [0.25, 0.3) is 0 Å². The SMILES string of the molecule is NNc1nc(N)cc(C(CCNC2CCCCC2)c2cnn(C3CC(F)C3(F)F)c2)c1N. The number of hydrazine groups is 1. The number of nitrogens with one attached hydrogen (secondary N) is 2. The predicted molar refractivity (Wildman–Crippen MR) is 118 cm³/mol. The van der Waals surface area contributed by atoms with Crippen LogP contribution >= 0.6 is 0 Å². The molecule has 2 aliphatic rings. The smallest absolute Gasteiger partial charge is 0.300 e. The van der Waals surface area contributed by atoms with E-state index in [1.165, 1.54) is 19.3 Å². The first kappa shape index (κ1) is 22.7. The van der Waals surface area contributed by atoms with E-state index in [2.05, 4.69) is 20.8 Å². The molecule has 0 amide bonds. The molecule has 0 saturated heterocycles. The molecule has 2 heterocycles. The Hall–Kier alpha value is -2.53. The monoisotopic (exact) mass is 452 g/mol. The van der Waals surface area contributed by atoms with Crippen molar-refractivity contribution in [2.45, 2.75) is 75.0 Å². The summed E-state index contributed by atoms with van der Waals surface area (Å²) in [7, 11) is 0. The predicted octanol–water partition coefficient (Wildman–Crippen LogP) is 3.09. The molecule has 3 unspecified atom stereocenters. The van der Waals surface area contributed by atoms with Crippen LogP contribution in [0.15, 0.2) is 18.5 Å². The highest BCUT2D eigenvalue weighted by atomic mass is 19.3. The minimum atomic E-state index is -3.42. The number of hydrogen-bond donors (Lipinski definition) is 5. The van der Waals surface area contributed by atoms with Crippen molar-refractivity contribution in [2.75, 3.05) is 23.4 Å². The zero-order valence-corrected chi connectivity index (χ0v) is 17.9. The molecule has 2 saturated carbocycles. The molecule has 3 atom stereocenters. The van der Waals surface area contributed by atoms with Crippen LogP contribution in [0.5, 0.6) is 0 Å². The summed E-state index contributed by atoms with van der Waals surface area (Å²) in [6, 6.07) is 0.866. The lowest BCUT2D eigenvalue weighted by atomic mass is 9.85. The number of nitrogens with zero attached hydrogens (tertiary/aromatic N) is 3. The molecule has 0 aliphatic heterocycles. The van der Waals surface area contributed by atoms with Gasteiger partial charge in [0.2, 0.25) is 0 Å². The van der Waals surface area contributed by atoms with E-state index in [1.54, 1.807) is 18.5 Å². The lowest BCUT2D eigenvalue weighted by Crippen LogP contribution is -2.51. The molecule has 2 aromatic rings. The Kier molecular flexibility index (Phi) is 6.47. The molecule has 4 rings (SSSR count). The van der Waals surface area contributed by atoms with Crippen molar-refractivity contribution in [2.24, 2.45) is 5.84 Å². The average molecular weight is 453 g/mol. The maximum absolute atomic E-state index is 13.9. The lowest BCUT2D eigenvalue weighted by Gasteiger charge is -2.39. The van der Waals surface area contributed by atoms with Crippen LogP contribution in [0, 0.1) is 0 Å². The topological polar surface area (TPSA) is 133 Å². The van der Waals surface area contributed by atoms with Crippen LogP contribution in [0.4, 0.5) is 30.5 Å². The lowest BCUT2D eigenvalue weighted by molar-refractivity contribution is -0.187. The van der Waals surface area contributed by atoms with Crippen LogP contribution in [-0.4, -0.2) is 39.4 Å². The molecule has 2 aromatic heterocycles. The fourth-order valence-electron chi connectivity index (χ4n) is 4.78. The minimum Gasteiger partial charge on any atom is -0.395 e. The molecule has 0 spiro atoms. The van der Waals surface area contributed by atoms with Crippen LogP contribution in [0.25, 0.3) is 0 Å². The third-order valence-corrected chi connectivity index (χ3v) is 6.73. The number of rotatable bonds is 8. The minimum absolute atomic E-state index is 0.241. The molecule has 2 fully saturated rings. The first-order valence-corrected chi connectivity index (χ1v) is 11.1. The average Bonchev–Trinajstić information content (AvgIpc) is 3.26. The number of hydrogen-bond acceptors (Lipinski definition) is 7. The first-order valence-electron chi connectivity index (χ1n) is 11.1. The van der Waals surface area contributed by atoms with E-state index in [4.69, 9.17) is 17.3 Å². The van der Waals surface area contributed by atoms with Crippen LogP contribution in [0.2, 0.25) is 0 Å². The van der Waals surface area contributed by atoms with E-state index in [-0.39, 0.29) is 24.0 Å². The van der Waals surface area contributed by atoms with Gasteiger partial charge in [0.1, 0.15) is 11.9 Å². The van der Waals surface area contributed by atoms with Crippen LogP contribution in [0.1, 0.15) is 68.0 Å². The highest BCUT2D eigenvalue weighted by Gasteiger charge is 2.60. The Bertz CT molecular complexity index is 928. The molecule has 176 valence electrons. The van der Waals surface area contributed by atoms with Gasteiger partial charge in [0.05, 0.1) is 11.9 Å². The Morgan fingerprint density at radius 3 is 2.62 bits per heavy atom. The van der Waals surface area contributed by atoms with Gasteiger partial charge in [-0.2, -0.15) is 5.10 Å². The Labute approximate surface area is 185 Å². The van der Waals surface area contributed by atoms with Gasteiger partial charge in [0, 0.05) is 24.6 Å². The van der Waals surface area contributed by atoms with Crippen molar-refractivity contribution in [3.63, 3.8) is 0 Å². The van der Waals surface area contributed by atoms with Gasteiger partial charge >= 0.3 is 5.92 Å². The zero-order valence-electron chi connectivity index (χ0n) is 17.9. The maximum atomic E-state index is 13.9. The Morgan fingerprint density at radius 2 is 1.97 bits per heavy atom. The van der Waals surface area contributed by atoms with Gasteiger partial charge in [-0.3, -0.25) is 4.68 Å². The molecular formula is C21H31F3N8. The normalized spacial score (nSPS) is 24.1. The van der Waals surface area contributed by atoms with Gasteiger partial charge < -0.3 is 22.2 Å². The highest BCUT2D eigenvalue weighted by Crippen LogP contribution is 2.49. The Morgan fingerprint density at radius 1 is 1.22 bits per heavy atom. The second-order valence-corrected chi connectivity index (χ2v) is 8.82. The van der Waals surface area contributed by atoms with Gasteiger partial charge in [-0.25, -0.2) is 24.0 Å². The number of pyridine rings is 1. The third-order valence-electron chi connectivity index (χ3n) is 6.73. The van der Waals surface area contributed by atoms with Crippen molar-refractivity contribution in [1.82, 2.24) is 20.1 Å². The summed E-state index contributed by atoms with van der Waals surface area (Å²) in [6.45, 7) is 0.708. The molecule has 0 aromatic carbocycles. The number of anilines is 3. The van der Waals surface area contributed by atoms with Gasteiger partial charge in [0.15, 0.2) is 12.0 Å². The second kappa shape index (κ2) is 9.14. The molecule has 32 heavy (non-hydrogen) atoms. The fourth-order valence-corrected chi connectivity index (χ4v) is 4.78. The standard InChI is InChI=1S/C21H31F3N8/c22-16-9-17(21(16,23)24)32-11-12(10-29-32)14(6-7-28-13-4-2-1-3-5-13)15-8-18(25)30-20(31-27)19(15)26/h8,10-11,13-14,16-17,28H,1-7,9,26-27H2,(H3,25,30,31). The van der Waals surface area contributed by atoms with E-state index in [1.807, 2.05) is 0 Å². The summed E-state index contributed by atoms with van der Waals surface area (Å²) in [5.41, 5.74) is 16.5. The Balaban J connectivity index is 1.59. The van der Waals surface area contributed by atoms with Crippen LogP contribution < -0.4 is 28.1 Å². The number of alkyl halides is 3. The van der Waals surface area contributed by atoms with Gasteiger partial charge in [-0.05, 0) is 43.0 Å². The first-order chi connectivity index (χ1) is 15.3. The molecular weight excluding hydrogens is 421 g/mol. The third kappa shape index (κ3) is 4.36. The summed E-state index contributed by atoms with van der Waals surface area (Å²) >= 11 is 0. The highest BCUT2D eigenvalue weighted by molar-refractivity contribution is 5.70. The van der Waals surface area contributed by atoms with Crippen LogP contribution in [0.3, 0.4) is 0 Å². The zero-order chi connectivity index (χ0) is 22.9. The van der Waals surface area contributed by atoms with E-state index in [9.17, 15) is 13.2 Å². The van der Waals surface area contributed by atoms with Crippen molar-refractivity contribution in [3.05, 3.63) is 29.6 Å². The fraction of sp³-hybridized carbons (Fsp3) is 0.619. The van der Waals surface area contributed by atoms with Crippen molar-refractivity contribution < 1.29 is 13.2 Å². The van der Waals surface area contributed by atoms with Crippen LogP contribution in [-0.2, 0) is 0 Å². The quantitative estimate of drug-likeness (QED) is 0.307. The summed E-state index contributed by atoms with van der Waals surface area (Å²) < 4.78 is 42.3. The van der Waals surface area contributed by atoms with Crippen molar-refractivity contribution in [1.29, 1.82) is 0 Å². The second-order valence-electron chi connectivity index (χ2n) is 8.82. The number of halogens is 3. The van der Waals surface area contributed by atoms with Crippen molar-refractivity contribution >= 4 is 17.3 Å². The summed E-state index contributed by atoms with van der Waals surface area (Å²) in [5, 5.41) is 7.73. The van der Waals surface area contributed by atoms with Gasteiger partial charge in [-0.1, -0.05) is 19.3 Å². The molecule has 0 radical (unpaired) electrons. The molecule has 2 aliphatic carbocycles. The number of nitrogen functional groups attached to an aromatic ring is 3. The largest absolute Gasteiger partial charge is 0.395 e. The number of nitrogens with two attached hydrogens (primary N) is 3.